The molecule has 0 spiro atoms. The smallest absolute Gasteiger partial charge is 0.183 e. The van der Waals surface area contributed by atoms with Crippen LogP contribution in [0, 0.1) is 5.82 Å². The first kappa shape index (κ1) is 21.5. The Bertz CT molecular complexity index is 1480. The van der Waals surface area contributed by atoms with Gasteiger partial charge in [-0.25, -0.2) is 17.8 Å². The number of hydrogen-bond acceptors (Lipinski definition) is 6. The Morgan fingerprint density at radius 2 is 1.88 bits per heavy atom. The Labute approximate surface area is 191 Å². The van der Waals surface area contributed by atoms with E-state index in [1.54, 1.807) is 44.6 Å². The van der Waals surface area contributed by atoms with Crippen LogP contribution in [-0.2, 0) is 9.84 Å². The molecule has 2 aromatic heterocycles. The molecular formula is C24H23FN4O3S. The van der Waals surface area contributed by atoms with Crippen molar-refractivity contribution in [3.8, 4) is 28.0 Å². The first-order valence-electron chi connectivity index (χ1n) is 10.7. The van der Waals surface area contributed by atoms with E-state index in [0.717, 1.165) is 24.0 Å². The van der Waals surface area contributed by atoms with Crippen LogP contribution in [0.25, 0.3) is 33.4 Å². The lowest BCUT2D eigenvalue weighted by Crippen LogP contribution is -2.14. The van der Waals surface area contributed by atoms with Gasteiger partial charge in [0, 0.05) is 22.7 Å². The maximum Gasteiger partial charge on any atom is 0.183 e. The average molecular weight is 467 g/mol. The third-order valence-electron chi connectivity index (χ3n) is 5.99. The summed E-state index contributed by atoms with van der Waals surface area (Å²) in [5.41, 5.74) is 3.65. The number of imidazole rings is 1. The van der Waals surface area contributed by atoms with Crippen molar-refractivity contribution < 1.29 is 17.5 Å². The number of methoxy groups -OCH3 is 1. The molecule has 5 rings (SSSR count). The molecule has 1 aliphatic carbocycles. The van der Waals surface area contributed by atoms with Crippen molar-refractivity contribution in [3.05, 3.63) is 54.7 Å². The summed E-state index contributed by atoms with van der Waals surface area (Å²) in [7, 11) is -2.06. The van der Waals surface area contributed by atoms with Crippen LogP contribution < -0.4 is 4.74 Å². The molecule has 0 N–H and O–H groups in total. The molecule has 0 aliphatic heterocycles. The lowest BCUT2D eigenvalue weighted by atomic mass is 9.98. The van der Waals surface area contributed by atoms with Gasteiger partial charge >= 0.3 is 0 Å². The fourth-order valence-electron chi connectivity index (χ4n) is 3.92. The standard InChI is InChI=1S/C24H23FN4O3S/c1-14(2)33(30,31)17-7-8-18(22(11-17)32-3)19-10-15(4-9-21(19)25)20-12-27-28-24-23(20)26-13-29(24)16-5-6-16/h4,7-14,16H,5-6H2,1-3H3. The zero-order valence-corrected chi connectivity index (χ0v) is 19.3. The maximum atomic E-state index is 15.0. The molecule has 0 amide bonds. The average Bonchev–Trinajstić information content (AvgIpc) is 3.57. The number of benzene rings is 2. The Morgan fingerprint density at radius 1 is 1.09 bits per heavy atom. The molecule has 2 heterocycles. The highest BCUT2D eigenvalue weighted by Crippen LogP contribution is 2.39. The van der Waals surface area contributed by atoms with Crippen LogP contribution in [0.1, 0.15) is 32.7 Å². The van der Waals surface area contributed by atoms with Crippen LogP contribution in [0.4, 0.5) is 4.39 Å². The van der Waals surface area contributed by atoms with Gasteiger partial charge in [0.15, 0.2) is 15.5 Å². The number of rotatable bonds is 6. The fourth-order valence-corrected chi connectivity index (χ4v) is 4.99. The number of nitrogens with zero attached hydrogens (tertiary/aromatic N) is 4. The third-order valence-corrected chi connectivity index (χ3v) is 8.14. The number of aromatic nitrogens is 4. The number of fused-ring (bicyclic) bond motifs is 1. The number of halogens is 1. The summed E-state index contributed by atoms with van der Waals surface area (Å²) in [5.74, 6) is -0.165. The Balaban J connectivity index is 1.63. The van der Waals surface area contributed by atoms with Gasteiger partial charge in [0.05, 0.1) is 29.8 Å². The van der Waals surface area contributed by atoms with Crippen LogP contribution in [0.5, 0.6) is 5.75 Å². The maximum absolute atomic E-state index is 15.0. The summed E-state index contributed by atoms with van der Waals surface area (Å²) in [6.07, 6.45) is 5.60. The van der Waals surface area contributed by atoms with Crippen molar-refractivity contribution in [2.45, 2.75) is 42.9 Å². The molecule has 1 fully saturated rings. The molecule has 33 heavy (non-hydrogen) atoms. The summed E-state index contributed by atoms with van der Waals surface area (Å²) in [5, 5.41) is 7.83. The minimum atomic E-state index is -3.49. The Morgan fingerprint density at radius 3 is 2.58 bits per heavy atom. The van der Waals surface area contributed by atoms with Gasteiger partial charge in [0.25, 0.3) is 0 Å². The predicted molar refractivity (Wildman–Crippen MR) is 123 cm³/mol. The van der Waals surface area contributed by atoms with Crippen molar-refractivity contribution in [1.29, 1.82) is 0 Å². The van der Waals surface area contributed by atoms with Gasteiger partial charge in [-0.2, -0.15) is 5.10 Å². The highest BCUT2D eigenvalue weighted by molar-refractivity contribution is 7.92. The SMILES string of the molecule is COc1cc(S(=O)(=O)C(C)C)ccc1-c1cc(-c2cnnc3c2ncn3C2CC2)ccc1F. The molecule has 9 heteroatoms. The summed E-state index contributed by atoms with van der Waals surface area (Å²) < 4.78 is 47.6. The number of sulfone groups is 1. The van der Waals surface area contributed by atoms with Crippen molar-refractivity contribution in [2.24, 2.45) is 0 Å². The van der Waals surface area contributed by atoms with E-state index in [2.05, 4.69) is 15.2 Å². The first-order valence-corrected chi connectivity index (χ1v) is 12.3. The zero-order valence-electron chi connectivity index (χ0n) is 18.5. The van der Waals surface area contributed by atoms with Crippen LogP contribution in [0.3, 0.4) is 0 Å². The molecule has 0 atom stereocenters. The van der Waals surface area contributed by atoms with Crippen LogP contribution >= 0.6 is 0 Å². The lowest BCUT2D eigenvalue weighted by molar-refractivity contribution is 0.414. The van der Waals surface area contributed by atoms with E-state index in [9.17, 15) is 12.8 Å². The fraction of sp³-hybridized carbons (Fsp3) is 0.292. The van der Waals surface area contributed by atoms with Crippen molar-refractivity contribution in [3.63, 3.8) is 0 Å². The van der Waals surface area contributed by atoms with E-state index in [1.807, 2.05) is 4.57 Å². The van der Waals surface area contributed by atoms with Gasteiger partial charge in [0.2, 0.25) is 0 Å². The van der Waals surface area contributed by atoms with E-state index in [4.69, 9.17) is 4.74 Å². The second kappa shape index (κ2) is 7.91. The van der Waals surface area contributed by atoms with Gasteiger partial charge in [-0.3, -0.25) is 0 Å². The van der Waals surface area contributed by atoms with E-state index in [-0.39, 0.29) is 10.6 Å². The third kappa shape index (κ3) is 3.66. The summed E-state index contributed by atoms with van der Waals surface area (Å²) in [4.78, 5) is 4.68. The molecule has 0 saturated heterocycles. The normalized spacial score (nSPS) is 14.2. The monoisotopic (exact) mass is 466 g/mol. The van der Waals surface area contributed by atoms with Crippen molar-refractivity contribution in [1.82, 2.24) is 19.7 Å². The van der Waals surface area contributed by atoms with Gasteiger partial charge in [0.1, 0.15) is 17.1 Å². The molecular weight excluding hydrogens is 443 g/mol. The minimum absolute atomic E-state index is 0.139. The Hall–Kier alpha value is -3.33. The molecule has 0 unspecified atom stereocenters. The van der Waals surface area contributed by atoms with Crippen LogP contribution in [0.2, 0.25) is 0 Å². The van der Waals surface area contributed by atoms with E-state index in [0.29, 0.717) is 28.3 Å². The first-order chi connectivity index (χ1) is 15.8. The number of ether oxygens (including phenoxy) is 1. The van der Waals surface area contributed by atoms with Gasteiger partial charge in [-0.05, 0) is 62.6 Å². The molecule has 170 valence electrons. The van der Waals surface area contributed by atoms with Crippen molar-refractivity contribution >= 4 is 21.0 Å². The number of hydrogen-bond donors (Lipinski definition) is 0. The molecule has 1 saturated carbocycles. The van der Waals surface area contributed by atoms with Crippen LogP contribution in [-0.4, -0.2) is 40.5 Å². The second-order valence-corrected chi connectivity index (χ2v) is 11.0. The zero-order chi connectivity index (χ0) is 23.3. The molecule has 4 aromatic rings. The largest absolute Gasteiger partial charge is 0.496 e. The molecule has 2 aromatic carbocycles. The van der Waals surface area contributed by atoms with E-state index in [1.165, 1.54) is 25.3 Å². The van der Waals surface area contributed by atoms with Gasteiger partial charge < -0.3 is 9.30 Å². The highest BCUT2D eigenvalue weighted by Gasteiger charge is 2.27. The van der Waals surface area contributed by atoms with Gasteiger partial charge in [-0.1, -0.05) is 6.07 Å². The summed E-state index contributed by atoms with van der Waals surface area (Å²) in [6, 6.07) is 9.69. The van der Waals surface area contributed by atoms with Gasteiger partial charge in [-0.15, -0.1) is 5.10 Å². The molecule has 0 bridgehead atoms. The quantitative estimate of drug-likeness (QED) is 0.405. The van der Waals surface area contributed by atoms with E-state index >= 15 is 0 Å². The highest BCUT2D eigenvalue weighted by atomic mass is 32.2. The molecule has 0 radical (unpaired) electrons. The summed E-state index contributed by atoms with van der Waals surface area (Å²) in [6.45, 7) is 3.24. The predicted octanol–water partition coefficient (Wildman–Crippen LogP) is 4.83. The summed E-state index contributed by atoms with van der Waals surface area (Å²) >= 11 is 0. The Kier molecular flexibility index (Phi) is 5.16. The topological polar surface area (TPSA) is 87.0 Å². The van der Waals surface area contributed by atoms with E-state index < -0.39 is 20.9 Å². The van der Waals surface area contributed by atoms with Crippen molar-refractivity contribution in [2.75, 3.05) is 7.11 Å². The molecule has 1 aliphatic rings. The second-order valence-electron chi connectivity index (χ2n) is 8.46. The minimum Gasteiger partial charge on any atom is -0.496 e. The lowest BCUT2D eigenvalue weighted by Gasteiger charge is -2.14. The molecule has 7 nitrogen and oxygen atoms in total. The van der Waals surface area contributed by atoms with Crippen LogP contribution in [0.15, 0.2) is 53.8 Å².